The van der Waals surface area contributed by atoms with Gasteiger partial charge in [0.2, 0.25) is 6.20 Å². The highest BCUT2D eigenvalue weighted by Crippen LogP contribution is 2.27. The van der Waals surface area contributed by atoms with Crippen LogP contribution < -0.4 is 17.4 Å². The maximum atomic E-state index is 14.7. The number of hydrogen-bond acceptors (Lipinski definition) is 5. The summed E-state index contributed by atoms with van der Waals surface area (Å²) >= 11 is 0. The Balaban J connectivity index is 0.00000274. The first kappa shape index (κ1) is 23.1. The minimum atomic E-state index is -0.819. The molecule has 0 bridgehead atoms. The quantitative estimate of drug-likeness (QED) is 0.258. The highest BCUT2D eigenvalue weighted by molar-refractivity contribution is 6.45. The van der Waals surface area contributed by atoms with Crippen molar-refractivity contribution in [3.63, 3.8) is 0 Å². The van der Waals surface area contributed by atoms with Crippen LogP contribution in [-0.4, -0.2) is 74.0 Å². The number of nitrogens with zero attached hydrogens (tertiary/aromatic N) is 4. The molecule has 3 N–H and O–H groups in total. The summed E-state index contributed by atoms with van der Waals surface area (Å²) in [5, 5.41) is 10.2. The zero-order valence-electron chi connectivity index (χ0n) is 17.7. The number of aromatic amines is 3. The van der Waals surface area contributed by atoms with Gasteiger partial charge in [-0.2, -0.15) is 14.7 Å². The number of nitrogens with one attached hydrogen (secondary N) is 3. The lowest BCUT2D eigenvalue weighted by Crippen LogP contribution is -3.00. The summed E-state index contributed by atoms with van der Waals surface area (Å²) in [5.41, 5.74) is 1.67. The van der Waals surface area contributed by atoms with E-state index in [0.717, 1.165) is 6.20 Å². The van der Waals surface area contributed by atoms with Crippen LogP contribution >= 0.6 is 0 Å². The van der Waals surface area contributed by atoms with Gasteiger partial charge in [0, 0.05) is 37.9 Å². The van der Waals surface area contributed by atoms with Crippen molar-refractivity contribution in [1.29, 1.82) is 0 Å². The van der Waals surface area contributed by atoms with Gasteiger partial charge in [0.25, 0.3) is 23.3 Å². The van der Waals surface area contributed by atoms with Crippen LogP contribution in [0, 0.1) is 5.82 Å². The van der Waals surface area contributed by atoms with E-state index < -0.39 is 17.5 Å². The molecule has 1 aliphatic rings. The molecular formula is C22H19ClFN7O3. The fraction of sp³-hybridized carbons (Fsp3) is 0.182. The number of piperazine rings is 1. The predicted octanol–water partition coefficient (Wildman–Crippen LogP) is -1.92. The first-order valence-corrected chi connectivity index (χ1v) is 10.3. The van der Waals surface area contributed by atoms with Crippen molar-refractivity contribution in [2.24, 2.45) is 0 Å². The Bertz CT molecular complexity index is 1350. The molecule has 12 heteroatoms. The number of ketones is 1. The number of hydrogen-bond donors (Lipinski definition) is 2. The summed E-state index contributed by atoms with van der Waals surface area (Å²) in [6.45, 7) is 1.04. The molecule has 2 amide bonds. The molecule has 174 valence electrons. The van der Waals surface area contributed by atoms with Gasteiger partial charge < -0.3 is 27.2 Å². The van der Waals surface area contributed by atoms with E-state index in [9.17, 15) is 18.8 Å². The topological polar surface area (TPSA) is 129 Å². The van der Waals surface area contributed by atoms with Crippen molar-refractivity contribution < 1.29 is 36.2 Å². The van der Waals surface area contributed by atoms with Crippen molar-refractivity contribution >= 4 is 28.5 Å². The Morgan fingerprint density at radius 3 is 2.41 bits per heavy atom. The molecule has 4 aromatic rings. The number of carbonyl (C=O) groups is 3. The molecule has 10 nitrogen and oxygen atoms in total. The summed E-state index contributed by atoms with van der Waals surface area (Å²) in [5.74, 6) is -2.35. The molecule has 0 atom stereocenters. The van der Waals surface area contributed by atoms with Gasteiger partial charge in [0.15, 0.2) is 11.5 Å². The van der Waals surface area contributed by atoms with Crippen LogP contribution in [0.3, 0.4) is 0 Å². The van der Waals surface area contributed by atoms with E-state index in [0.29, 0.717) is 35.6 Å². The first-order chi connectivity index (χ1) is 16.0. The third-order valence-corrected chi connectivity index (χ3v) is 5.70. The van der Waals surface area contributed by atoms with Crippen molar-refractivity contribution in [1.82, 2.24) is 30.2 Å². The molecule has 0 aliphatic carbocycles. The zero-order valence-corrected chi connectivity index (χ0v) is 18.5. The molecule has 0 radical (unpaired) electrons. The lowest BCUT2D eigenvalue weighted by atomic mass is 10.1. The van der Waals surface area contributed by atoms with E-state index in [1.165, 1.54) is 17.3 Å². The van der Waals surface area contributed by atoms with Gasteiger partial charge in [-0.3, -0.25) is 14.4 Å². The van der Waals surface area contributed by atoms with Gasteiger partial charge in [-0.1, -0.05) is 18.2 Å². The second-order valence-corrected chi connectivity index (χ2v) is 7.60. The van der Waals surface area contributed by atoms with Crippen molar-refractivity contribution in [2.75, 3.05) is 26.2 Å². The monoisotopic (exact) mass is 483 g/mol. The fourth-order valence-electron chi connectivity index (χ4n) is 3.99. The standard InChI is InChI=1S/C22H18FN7O3.ClH/c23-15-11-25-18(16-12-26-28-27-16)19-17(15)14(10-24-19)20(31)22(33)30-8-6-29(7-9-30)21(32)13-4-2-1-3-5-13;/h1-5,10-12,24H,6-9H2,(H,26,27,28);1H. The van der Waals surface area contributed by atoms with Gasteiger partial charge in [-0.25, -0.2) is 4.98 Å². The smallest absolute Gasteiger partial charge is 0.295 e. The first-order valence-electron chi connectivity index (χ1n) is 10.3. The molecule has 5 rings (SSSR count). The molecule has 4 heterocycles. The predicted molar refractivity (Wildman–Crippen MR) is 113 cm³/mol. The van der Waals surface area contributed by atoms with E-state index >= 15 is 0 Å². The number of aromatic nitrogens is 5. The number of H-pyrrole nitrogens is 3. The summed E-state index contributed by atoms with van der Waals surface area (Å²) in [6, 6.07) is 8.88. The second-order valence-electron chi connectivity index (χ2n) is 7.60. The average molecular weight is 484 g/mol. The normalized spacial score (nSPS) is 13.6. The summed E-state index contributed by atoms with van der Waals surface area (Å²) < 4.78 is 14.7. The lowest BCUT2D eigenvalue weighted by molar-refractivity contribution is -0.365. The third-order valence-electron chi connectivity index (χ3n) is 5.70. The minimum absolute atomic E-state index is 0. The van der Waals surface area contributed by atoms with E-state index in [1.807, 2.05) is 6.07 Å². The number of benzene rings is 1. The SMILES string of the molecule is O=C(C(=O)N1CCN(C(=O)c2ccccc2)CC1)c1c[nH]c2c(-c3cn[nH]n3)[nH+]cc(F)c12.[Cl-]. The molecule has 1 saturated heterocycles. The van der Waals surface area contributed by atoms with Crippen LogP contribution in [0.15, 0.2) is 48.9 Å². The van der Waals surface area contributed by atoms with E-state index in [4.69, 9.17) is 0 Å². The molecule has 1 aliphatic heterocycles. The zero-order chi connectivity index (χ0) is 22.9. The average Bonchev–Trinajstić information content (AvgIpc) is 3.55. The molecule has 1 fully saturated rings. The molecular weight excluding hydrogens is 465 g/mol. The number of carbonyl (C=O) groups excluding carboxylic acids is 3. The molecule has 0 unspecified atom stereocenters. The van der Waals surface area contributed by atoms with E-state index in [2.05, 4.69) is 25.4 Å². The second kappa shape index (κ2) is 9.40. The van der Waals surface area contributed by atoms with Crippen molar-refractivity contribution in [3.05, 3.63) is 65.9 Å². The number of amides is 2. The van der Waals surface area contributed by atoms with Crippen LogP contribution in [0.4, 0.5) is 4.39 Å². The van der Waals surface area contributed by atoms with Gasteiger partial charge in [-0.15, -0.1) is 5.10 Å². The van der Waals surface area contributed by atoms with Crippen LogP contribution in [0.1, 0.15) is 20.7 Å². The highest BCUT2D eigenvalue weighted by atomic mass is 35.5. The van der Waals surface area contributed by atoms with Gasteiger partial charge >= 0.3 is 0 Å². The molecule has 0 spiro atoms. The van der Waals surface area contributed by atoms with Crippen molar-refractivity contribution in [3.8, 4) is 11.4 Å². The Labute approximate surface area is 198 Å². The lowest BCUT2D eigenvalue weighted by Gasteiger charge is -2.34. The Kier molecular flexibility index (Phi) is 6.37. The number of fused-ring (bicyclic) bond motifs is 1. The van der Waals surface area contributed by atoms with Crippen LogP contribution in [0.25, 0.3) is 22.3 Å². The van der Waals surface area contributed by atoms with Crippen molar-refractivity contribution in [2.45, 2.75) is 0 Å². The largest absolute Gasteiger partial charge is 1.00 e. The van der Waals surface area contributed by atoms with Gasteiger partial charge in [0.05, 0.1) is 17.1 Å². The Hall–Kier alpha value is -4.12. The molecule has 34 heavy (non-hydrogen) atoms. The molecule has 1 aromatic carbocycles. The summed E-state index contributed by atoms with van der Waals surface area (Å²) in [4.78, 5) is 47.2. The maximum absolute atomic E-state index is 14.7. The third kappa shape index (κ3) is 4.01. The molecule has 3 aromatic heterocycles. The maximum Gasteiger partial charge on any atom is 0.295 e. The van der Waals surface area contributed by atoms with Gasteiger partial charge in [0.1, 0.15) is 5.52 Å². The van der Waals surface area contributed by atoms with Gasteiger partial charge in [-0.05, 0) is 12.1 Å². The minimum Gasteiger partial charge on any atom is -1.00 e. The van der Waals surface area contributed by atoms with E-state index in [1.54, 1.807) is 29.2 Å². The van der Waals surface area contributed by atoms with E-state index in [-0.39, 0.29) is 42.4 Å². The number of pyridine rings is 1. The Morgan fingerprint density at radius 2 is 1.74 bits per heavy atom. The van der Waals surface area contributed by atoms with Crippen LogP contribution in [-0.2, 0) is 4.79 Å². The number of Topliss-reactive ketones (excluding diaryl/α,β-unsaturated/α-hetero) is 1. The van der Waals surface area contributed by atoms with Crippen LogP contribution in [0.5, 0.6) is 0 Å². The Morgan fingerprint density at radius 1 is 1.03 bits per heavy atom. The number of halogens is 2. The highest BCUT2D eigenvalue weighted by Gasteiger charge is 2.32. The number of rotatable bonds is 4. The summed E-state index contributed by atoms with van der Waals surface area (Å²) in [6.07, 6.45) is 3.88. The fourth-order valence-corrected chi connectivity index (χ4v) is 3.99. The summed E-state index contributed by atoms with van der Waals surface area (Å²) in [7, 11) is 0. The molecule has 0 saturated carbocycles. The van der Waals surface area contributed by atoms with Crippen LogP contribution in [0.2, 0.25) is 0 Å².